The van der Waals surface area contributed by atoms with Crippen molar-refractivity contribution in [3.63, 3.8) is 0 Å². The molecule has 0 saturated carbocycles. The van der Waals surface area contributed by atoms with Crippen molar-refractivity contribution in [3.05, 3.63) is 51.0 Å². The van der Waals surface area contributed by atoms with E-state index in [-0.39, 0.29) is 6.04 Å². The number of aromatic nitrogens is 1. The first-order chi connectivity index (χ1) is 8.04. The number of thiazole rings is 1. The highest BCUT2D eigenvalue weighted by Gasteiger charge is 2.10. The summed E-state index contributed by atoms with van der Waals surface area (Å²) in [4.78, 5) is 5.42. The van der Waals surface area contributed by atoms with Gasteiger partial charge in [0, 0.05) is 17.1 Å². The van der Waals surface area contributed by atoms with E-state index in [0.717, 1.165) is 11.4 Å². The molecule has 0 spiro atoms. The zero-order valence-corrected chi connectivity index (χ0v) is 11.3. The lowest BCUT2D eigenvalue weighted by Crippen LogP contribution is -2.12. The van der Waals surface area contributed by atoms with Gasteiger partial charge in [-0.3, -0.25) is 0 Å². The Hall–Kier alpha value is -1.19. The molecule has 2 nitrogen and oxygen atoms in total. The van der Waals surface area contributed by atoms with Gasteiger partial charge in [0.2, 0.25) is 0 Å². The number of nitrogens with two attached hydrogens (primary N) is 1. The molecule has 0 radical (unpaired) electrons. The van der Waals surface area contributed by atoms with E-state index >= 15 is 0 Å². The monoisotopic (exact) mass is 246 g/mol. The topological polar surface area (TPSA) is 38.9 Å². The molecule has 0 bridgehead atoms. The minimum absolute atomic E-state index is 0.0578. The molecule has 0 fully saturated rings. The third-order valence-electron chi connectivity index (χ3n) is 2.74. The van der Waals surface area contributed by atoms with Crippen LogP contribution in [0, 0.1) is 20.8 Å². The van der Waals surface area contributed by atoms with Gasteiger partial charge in [0.15, 0.2) is 0 Å². The summed E-state index contributed by atoms with van der Waals surface area (Å²) < 4.78 is 0. The van der Waals surface area contributed by atoms with Gasteiger partial charge < -0.3 is 5.73 Å². The molecule has 1 atom stereocenters. The maximum atomic E-state index is 6.21. The van der Waals surface area contributed by atoms with Gasteiger partial charge >= 0.3 is 0 Å². The first-order valence-corrected chi connectivity index (χ1v) is 6.61. The summed E-state index contributed by atoms with van der Waals surface area (Å²) in [6.45, 7) is 6.26. The van der Waals surface area contributed by atoms with Crippen LogP contribution in [0.15, 0.2) is 24.4 Å². The minimum atomic E-state index is 0.0578. The highest BCUT2D eigenvalue weighted by atomic mass is 32.1. The molecule has 1 aromatic heterocycles. The molecular formula is C14H18N2S. The fraction of sp³-hybridized carbons (Fsp3) is 0.357. The smallest absolute Gasteiger partial charge is 0.0897 e. The lowest BCUT2D eigenvalue weighted by atomic mass is 10.0. The third-order valence-corrected chi connectivity index (χ3v) is 3.79. The molecule has 0 aliphatic rings. The lowest BCUT2D eigenvalue weighted by molar-refractivity contribution is 0.733. The van der Waals surface area contributed by atoms with Crippen molar-refractivity contribution in [2.24, 2.45) is 5.73 Å². The zero-order valence-electron chi connectivity index (χ0n) is 10.5. The highest BCUT2D eigenvalue weighted by Crippen LogP contribution is 2.22. The molecular weight excluding hydrogens is 228 g/mol. The Balaban J connectivity index is 2.15. The molecule has 0 saturated heterocycles. The van der Waals surface area contributed by atoms with Crippen LogP contribution in [0.1, 0.15) is 32.6 Å². The van der Waals surface area contributed by atoms with Crippen molar-refractivity contribution in [3.8, 4) is 0 Å². The van der Waals surface area contributed by atoms with Crippen molar-refractivity contribution in [2.45, 2.75) is 33.2 Å². The van der Waals surface area contributed by atoms with Gasteiger partial charge in [0.1, 0.15) is 0 Å². The molecule has 90 valence electrons. The second kappa shape index (κ2) is 4.98. The minimum Gasteiger partial charge on any atom is -0.323 e. The van der Waals surface area contributed by atoms with E-state index in [9.17, 15) is 0 Å². The predicted octanol–water partition coefficient (Wildman–Crippen LogP) is 3.31. The summed E-state index contributed by atoms with van der Waals surface area (Å²) in [6.07, 6.45) is 2.78. The maximum absolute atomic E-state index is 6.21. The quantitative estimate of drug-likeness (QED) is 0.902. The van der Waals surface area contributed by atoms with E-state index in [4.69, 9.17) is 5.73 Å². The number of nitrogens with zero attached hydrogens (tertiary/aromatic N) is 1. The van der Waals surface area contributed by atoms with Crippen LogP contribution >= 0.6 is 11.3 Å². The van der Waals surface area contributed by atoms with Crippen molar-refractivity contribution in [1.82, 2.24) is 4.98 Å². The van der Waals surface area contributed by atoms with Crippen LogP contribution in [0.3, 0.4) is 0 Å². The third kappa shape index (κ3) is 3.14. The Morgan fingerprint density at radius 1 is 1.18 bits per heavy atom. The van der Waals surface area contributed by atoms with Gasteiger partial charge in [0.25, 0.3) is 0 Å². The first kappa shape index (κ1) is 12.3. The number of rotatable bonds is 3. The van der Waals surface area contributed by atoms with Crippen LogP contribution < -0.4 is 5.73 Å². The van der Waals surface area contributed by atoms with Gasteiger partial charge in [-0.1, -0.05) is 29.3 Å². The van der Waals surface area contributed by atoms with Crippen molar-refractivity contribution in [1.29, 1.82) is 0 Å². The Morgan fingerprint density at radius 2 is 1.82 bits per heavy atom. The van der Waals surface area contributed by atoms with Crippen LogP contribution in [-0.2, 0) is 6.42 Å². The average Bonchev–Trinajstić information content (AvgIpc) is 2.63. The van der Waals surface area contributed by atoms with Gasteiger partial charge in [-0.05, 0) is 32.8 Å². The highest BCUT2D eigenvalue weighted by molar-refractivity contribution is 7.11. The van der Waals surface area contributed by atoms with Gasteiger partial charge in [-0.15, -0.1) is 11.3 Å². The zero-order chi connectivity index (χ0) is 12.4. The second-order valence-electron chi connectivity index (χ2n) is 4.59. The Morgan fingerprint density at radius 3 is 2.35 bits per heavy atom. The van der Waals surface area contributed by atoms with E-state index < -0.39 is 0 Å². The SMILES string of the molecule is Cc1cc(C)cc(CC(N)c2cnc(C)s2)c1. The van der Waals surface area contributed by atoms with Crippen molar-refractivity contribution < 1.29 is 0 Å². The Labute approximate surface area is 107 Å². The summed E-state index contributed by atoms with van der Waals surface area (Å²) >= 11 is 1.69. The molecule has 1 heterocycles. The standard InChI is InChI=1S/C14H18N2S/c1-9-4-10(2)6-12(5-9)7-13(15)14-8-16-11(3)17-14/h4-6,8,13H,7,15H2,1-3H3. The molecule has 1 unspecified atom stereocenters. The number of hydrogen-bond acceptors (Lipinski definition) is 3. The molecule has 2 rings (SSSR count). The van der Waals surface area contributed by atoms with Crippen LogP contribution in [-0.4, -0.2) is 4.98 Å². The lowest BCUT2D eigenvalue weighted by Gasteiger charge is -2.10. The number of hydrogen-bond donors (Lipinski definition) is 1. The van der Waals surface area contributed by atoms with E-state index in [1.165, 1.54) is 21.6 Å². The van der Waals surface area contributed by atoms with E-state index in [1.54, 1.807) is 11.3 Å². The van der Waals surface area contributed by atoms with Crippen LogP contribution in [0.2, 0.25) is 0 Å². The molecule has 0 aliphatic heterocycles. The largest absolute Gasteiger partial charge is 0.323 e. The molecule has 2 N–H and O–H groups in total. The fourth-order valence-electron chi connectivity index (χ4n) is 2.09. The molecule has 3 heteroatoms. The summed E-state index contributed by atoms with van der Waals surface area (Å²) in [5.74, 6) is 0. The molecule has 1 aromatic carbocycles. The van der Waals surface area contributed by atoms with Crippen LogP contribution in [0.4, 0.5) is 0 Å². The van der Waals surface area contributed by atoms with Gasteiger partial charge in [-0.25, -0.2) is 4.98 Å². The fourth-order valence-corrected chi connectivity index (χ4v) is 2.88. The number of benzene rings is 1. The van der Waals surface area contributed by atoms with E-state index in [1.807, 2.05) is 13.1 Å². The summed E-state index contributed by atoms with van der Waals surface area (Å²) in [6, 6.07) is 6.66. The average molecular weight is 246 g/mol. The second-order valence-corrected chi connectivity index (χ2v) is 5.85. The number of aryl methyl sites for hydroxylation is 3. The maximum Gasteiger partial charge on any atom is 0.0897 e. The molecule has 2 aromatic rings. The van der Waals surface area contributed by atoms with Gasteiger partial charge in [0.05, 0.1) is 5.01 Å². The first-order valence-electron chi connectivity index (χ1n) is 5.79. The van der Waals surface area contributed by atoms with E-state index in [2.05, 4.69) is 37.0 Å². The molecule has 0 amide bonds. The van der Waals surface area contributed by atoms with Crippen molar-refractivity contribution in [2.75, 3.05) is 0 Å². The summed E-state index contributed by atoms with van der Waals surface area (Å²) in [5.41, 5.74) is 10.1. The predicted molar refractivity (Wildman–Crippen MR) is 73.4 cm³/mol. The normalized spacial score (nSPS) is 12.7. The Bertz CT molecular complexity index is 496. The van der Waals surface area contributed by atoms with E-state index in [0.29, 0.717) is 0 Å². The molecule has 17 heavy (non-hydrogen) atoms. The van der Waals surface area contributed by atoms with Crippen LogP contribution in [0.5, 0.6) is 0 Å². The van der Waals surface area contributed by atoms with Crippen molar-refractivity contribution >= 4 is 11.3 Å². The van der Waals surface area contributed by atoms with Crippen LogP contribution in [0.25, 0.3) is 0 Å². The van der Waals surface area contributed by atoms with Gasteiger partial charge in [-0.2, -0.15) is 0 Å². The summed E-state index contributed by atoms with van der Waals surface area (Å²) in [5, 5.41) is 1.08. The summed E-state index contributed by atoms with van der Waals surface area (Å²) in [7, 11) is 0. The Kier molecular flexibility index (Phi) is 3.60. The molecule has 0 aliphatic carbocycles.